The van der Waals surface area contributed by atoms with Gasteiger partial charge in [-0.3, -0.25) is 4.79 Å². The SMILES string of the molecule is C[C@H](NS(=O)(=O)c1ccc(Br)cc1)C(=O)Nc1ccc(Cl)cc1C(F)(F)F. The lowest BCUT2D eigenvalue weighted by Gasteiger charge is -2.17. The van der Waals surface area contributed by atoms with E-state index in [-0.39, 0.29) is 9.92 Å². The van der Waals surface area contributed by atoms with Crippen molar-refractivity contribution in [2.75, 3.05) is 5.32 Å². The molecule has 0 aliphatic rings. The molecule has 0 radical (unpaired) electrons. The normalized spacial score (nSPS) is 13.3. The number of hydrogen-bond donors (Lipinski definition) is 2. The van der Waals surface area contributed by atoms with Crippen LogP contribution in [0.5, 0.6) is 0 Å². The number of carbonyl (C=O) groups is 1. The van der Waals surface area contributed by atoms with E-state index in [2.05, 4.69) is 26.0 Å². The average Bonchev–Trinajstić information content (AvgIpc) is 2.55. The number of rotatable bonds is 5. The van der Waals surface area contributed by atoms with Gasteiger partial charge in [0, 0.05) is 9.50 Å². The minimum absolute atomic E-state index is 0.0900. The molecule has 146 valence electrons. The Hall–Kier alpha value is -1.62. The summed E-state index contributed by atoms with van der Waals surface area (Å²) in [6.07, 6.45) is -4.74. The molecule has 0 saturated heterocycles. The number of anilines is 1. The molecule has 27 heavy (non-hydrogen) atoms. The monoisotopic (exact) mass is 484 g/mol. The molecule has 2 aromatic rings. The fourth-order valence-corrected chi connectivity index (χ4v) is 3.71. The Morgan fingerprint density at radius 3 is 2.30 bits per heavy atom. The molecule has 0 heterocycles. The molecule has 0 spiro atoms. The van der Waals surface area contributed by atoms with Crippen LogP contribution in [0, 0.1) is 0 Å². The van der Waals surface area contributed by atoms with E-state index >= 15 is 0 Å². The number of carbonyl (C=O) groups excluding carboxylic acids is 1. The second kappa shape index (κ2) is 8.17. The second-order valence-corrected chi connectivity index (χ2v) is 8.54. The van der Waals surface area contributed by atoms with Gasteiger partial charge in [-0.25, -0.2) is 8.42 Å². The van der Waals surface area contributed by atoms with Gasteiger partial charge in [0.05, 0.1) is 22.2 Å². The third-order valence-corrected chi connectivity index (χ3v) is 5.71. The predicted molar refractivity (Wildman–Crippen MR) is 99.0 cm³/mol. The number of alkyl halides is 3. The predicted octanol–water partition coefficient (Wildman–Crippen LogP) is 4.43. The van der Waals surface area contributed by atoms with Crippen molar-refractivity contribution in [2.24, 2.45) is 0 Å². The lowest BCUT2D eigenvalue weighted by molar-refractivity contribution is -0.137. The summed E-state index contributed by atoms with van der Waals surface area (Å²) in [5, 5.41) is 1.93. The molecule has 2 N–H and O–H groups in total. The Morgan fingerprint density at radius 1 is 1.15 bits per heavy atom. The lowest BCUT2D eigenvalue weighted by atomic mass is 10.1. The molecule has 2 aromatic carbocycles. The first-order chi connectivity index (χ1) is 12.4. The maximum Gasteiger partial charge on any atom is 0.418 e. The summed E-state index contributed by atoms with van der Waals surface area (Å²) in [5.74, 6) is -0.955. The van der Waals surface area contributed by atoms with Gasteiger partial charge < -0.3 is 5.32 Å². The average molecular weight is 486 g/mol. The Morgan fingerprint density at radius 2 is 1.74 bits per heavy atom. The van der Waals surface area contributed by atoms with E-state index in [0.717, 1.165) is 6.07 Å². The van der Waals surface area contributed by atoms with Gasteiger partial charge >= 0.3 is 6.18 Å². The smallest absolute Gasteiger partial charge is 0.324 e. The highest BCUT2D eigenvalue weighted by molar-refractivity contribution is 9.10. The number of benzene rings is 2. The zero-order valence-electron chi connectivity index (χ0n) is 13.6. The fraction of sp³-hybridized carbons (Fsp3) is 0.188. The third-order valence-electron chi connectivity index (χ3n) is 3.39. The molecule has 2 rings (SSSR count). The number of amides is 1. The van der Waals surface area contributed by atoms with Crippen LogP contribution in [0.25, 0.3) is 0 Å². The summed E-state index contributed by atoms with van der Waals surface area (Å²) < 4.78 is 66.6. The number of nitrogens with one attached hydrogen (secondary N) is 2. The van der Waals surface area contributed by atoms with Gasteiger partial charge in [0.2, 0.25) is 15.9 Å². The Kier molecular flexibility index (Phi) is 6.56. The van der Waals surface area contributed by atoms with Gasteiger partial charge in [-0.2, -0.15) is 17.9 Å². The molecule has 0 aliphatic carbocycles. The van der Waals surface area contributed by atoms with E-state index in [0.29, 0.717) is 10.5 Å². The molecule has 0 fully saturated rings. The summed E-state index contributed by atoms with van der Waals surface area (Å²) in [7, 11) is -4.03. The third kappa shape index (κ3) is 5.68. The molecule has 0 saturated carbocycles. The fourth-order valence-electron chi connectivity index (χ4n) is 2.07. The van der Waals surface area contributed by atoms with Crippen molar-refractivity contribution in [2.45, 2.75) is 24.0 Å². The van der Waals surface area contributed by atoms with Gasteiger partial charge in [0.25, 0.3) is 0 Å². The van der Waals surface area contributed by atoms with Crippen LogP contribution >= 0.6 is 27.5 Å². The lowest BCUT2D eigenvalue weighted by Crippen LogP contribution is -2.41. The first-order valence-corrected chi connectivity index (χ1v) is 10.0. The van der Waals surface area contributed by atoms with Gasteiger partial charge in [-0.05, 0) is 49.4 Å². The van der Waals surface area contributed by atoms with E-state index < -0.39 is 39.4 Å². The summed E-state index contributed by atoms with van der Waals surface area (Å²) in [5.41, 5.74) is -1.65. The number of sulfonamides is 1. The van der Waals surface area contributed by atoms with Crippen molar-refractivity contribution >= 4 is 49.1 Å². The van der Waals surface area contributed by atoms with Crippen LogP contribution in [0.2, 0.25) is 5.02 Å². The standard InChI is InChI=1S/C16H13BrClF3N2O3S/c1-9(23-27(25,26)12-5-2-10(17)3-6-12)15(24)22-14-7-4-11(18)8-13(14)16(19,20)21/h2-9,23H,1H3,(H,22,24)/t9-/m0/s1. The highest BCUT2D eigenvalue weighted by Gasteiger charge is 2.34. The highest BCUT2D eigenvalue weighted by atomic mass is 79.9. The Labute approximate surface area is 167 Å². The van der Waals surface area contributed by atoms with Crippen LogP contribution < -0.4 is 10.0 Å². The molecular formula is C16H13BrClF3N2O3S. The van der Waals surface area contributed by atoms with Gasteiger partial charge in [0.15, 0.2) is 0 Å². The first kappa shape index (κ1) is 21.7. The minimum Gasteiger partial charge on any atom is -0.324 e. The molecule has 5 nitrogen and oxygen atoms in total. The van der Waals surface area contributed by atoms with E-state index in [1.165, 1.54) is 37.3 Å². The number of hydrogen-bond acceptors (Lipinski definition) is 3. The maximum absolute atomic E-state index is 13.1. The Bertz CT molecular complexity index is 950. The molecule has 0 bridgehead atoms. The highest BCUT2D eigenvalue weighted by Crippen LogP contribution is 2.36. The molecule has 1 atom stereocenters. The van der Waals surface area contributed by atoms with E-state index in [1.54, 1.807) is 0 Å². The molecule has 1 amide bonds. The zero-order valence-corrected chi connectivity index (χ0v) is 16.8. The van der Waals surface area contributed by atoms with Gasteiger partial charge in [-0.1, -0.05) is 27.5 Å². The van der Waals surface area contributed by atoms with Crippen molar-refractivity contribution in [1.82, 2.24) is 4.72 Å². The number of halogens is 5. The first-order valence-electron chi connectivity index (χ1n) is 7.35. The van der Waals surface area contributed by atoms with Crippen molar-refractivity contribution < 1.29 is 26.4 Å². The largest absolute Gasteiger partial charge is 0.418 e. The van der Waals surface area contributed by atoms with Crippen LogP contribution in [0.4, 0.5) is 18.9 Å². The van der Waals surface area contributed by atoms with Crippen molar-refractivity contribution in [3.63, 3.8) is 0 Å². The summed E-state index contributed by atoms with van der Waals surface area (Å²) in [6.45, 7) is 1.22. The molecule has 11 heteroatoms. The summed E-state index contributed by atoms with van der Waals surface area (Å²) in [4.78, 5) is 12.1. The zero-order chi connectivity index (χ0) is 20.4. The van der Waals surface area contributed by atoms with Crippen LogP contribution in [0.1, 0.15) is 12.5 Å². The van der Waals surface area contributed by atoms with Crippen molar-refractivity contribution in [3.05, 3.63) is 57.5 Å². The van der Waals surface area contributed by atoms with E-state index in [4.69, 9.17) is 11.6 Å². The van der Waals surface area contributed by atoms with Gasteiger partial charge in [-0.15, -0.1) is 0 Å². The minimum atomic E-state index is -4.74. The van der Waals surface area contributed by atoms with Crippen LogP contribution in [0.3, 0.4) is 0 Å². The van der Waals surface area contributed by atoms with Crippen molar-refractivity contribution in [3.8, 4) is 0 Å². The Balaban J connectivity index is 2.18. The van der Waals surface area contributed by atoms with Crippen LogP contribution in [0.15, 0.2) is 51.8 Å². The summed E-state index contributed by atoms with van der Waals surface area (Å²) >= 11 is 8.75. The molecular weight excluding hydrogens is 473 g/mol. The molecule has 0 aromatic heterocycles. The topological polar surface area (TPSA) is 75.3 Å². The van der Waals surface area contributed by atoms with Crippen LogP contribution in [-0.4, -0.2) is 20.4 Å². The quantitative estimate of drug-likeness (QED) is 0.658. The van der Waals surface area contributed by atoms with E-state index in [9.17, 15) is 26.4 Å². The van der Waals surface area contributed by atoms with E-state index in [1.807, 2.05) is 0 Å². The van der Waals surface area contributed by atoms with Crippen LogP contribution in [-0.2, 0) is 21.0 Å². The molecule has 0 unspecified atom stereocenters. The van der Waals surface area contributed by atoms with Gasteiger partial charge in [0.1, 0.15) is 0 Å². The maximum atomic E-state index is 13.1. The second-order valence-electron chi connectivity index (χ2n) is 5.47. The molecule has 0 aliphatic heterocycles. The van der Waals surface area contributed by atoms with Crippen molar-refractivity contribution in [1.29, 1.82) is 0 Å². The summed E-state index contributed by atoms with van der Waals surface area (Å²) in [6, 6.07) is 7.17.